The summed E-state index contributed by atoms with van der Waals surface area (Å²) in [6.07, 6.45) is 7.01. The highest BCUT2D eigenvalue weighted by atomic mass is 79.9. The minimum Gasteiger partial charge on any atom is -0.342 e. The number of nitrogens with one attached hydrogen (secondary N) is 1. The summed E-state index contributed by atoms with van der Waals surface area (Å²) in [6, 6.07) is 12.0. The van der Waals surface area contributed by atoms with Gasteiger partial charge in [0.05, 0.1) is 22.5 Å². The Hall–Kier alpha value is -2.44. The van der Waals surface area contributed by atoms with Crippen molar-refractivity contribution in [3.05, 3.63) is 75.2 Å². The third-order valence-electron chi connectivity index (χ3n) is 6.11. The molecule has 2 atom stereocenters. The van der Waals surface area contributed by atoms with Gasteiger partial charge in [0.1, 0.15) is 0 Å². The van der Waals surface area contributed by atoms with Crippen molar-refractivity contribution in [1.29, 1.82) is 0 Å². The van der Waals surface area contributed by atoms with Gasteiger partial charge in [-0.3, -0.25) is 14.4 Å². The van der Waals surface area contributed by atoms with Crippen LogP contribution in [0.25, 0.3) is 0 Å². The van der Waals surface area contributed by atoms with Crippen LogP contribution in [0.5, 0.6) is 0 Å². The van der Waals surface area contributed by atoms with Gasteiger partial charge in [-0.15, -0.1) is 0 Å². The van der Waals surface area contributed by atoms with Crippen LogP contribution in [0.4, 0.5) is 5.69 Å². The summed E-state index contributed by atoms with van der Waals surface area (Å²) in [7, 11) is 0. The SMILES string of the molecule is O=C(c1ccccc1Cl)c1cc(Br)ccc1NC(=O)C1CC=CCC1C(=O)N1CCCC1. The van der Waals surface area contributed by atoms with E-state index in [4.69, 9.17) is 11.6 Å². The lowest BCUT2D eigenvalue weighted by Crippen LogP contribution is -2.42. The Balaban J connectivity index is 1.59. The largest absolute Gasteiger partial charge is 0.342 e. The number of anilines is 1. The molecule has 2 aromatic carbocycles. The van der Waals surface area contributed by atoms with Crippen molar-refractivity contribution in [2.24, 2.45) is 11.8 Å². The van der Waals surface area contributed by atoms with E-state index in [1.54, 1.807) is 42.5 Å². The number of halogens is 2. The first-order chi connectivity index (χ1) is 15.5. The molecule has 0 radical (unpaired) electrons. The van der Waals surface area contributed by atoms with E-state index in [1.165, 1.54) is 0 Å². The summed E-state index contributed by atoms with van der Waals surface area (Å²) >= 11 is 9.64. The van der Waals surface area contributed by atoms with Gasteiger partial charge in [0.2, 0.25) is 11.8 Å². The van der Waals surface area contributed by atoms with Gasteiger partial charge in [-0.05, 0) is 56.0 Å². The van der Waals surface area contributed by atoms with E-state index in [2.05, 4.69) is 21.2 Å². The van der Waals surface area contributed by atoms with Crippen molar-refractivity contribution in [3.8, 4) is 0 Å². The Morgan fingerprint density at radius 2 is 1.62 bits per heavy atom. The molecule has 0 aromatic heterocycles. The summed E-state index contributed by atoms with van der Waals surface area (Å²) in [4.78, 5) is 41.4. The zero-order chi connectivity index (χ0) is 22.7. The van der Waals surface area contributed by atoms with Crippen LogP contribution in [0, 0.1) is 11.8 Å². The second-order valence-electron chi connectivity index (χ2n) is 8.18. The Morgan fingerprint density at radius 1 is 0.938 bits per heavy atom. The molecule has 1 heterocycles. The lowest BCUT2D eigenvalue weighted by atomic mass is 9.81. The molecule has 0 bridgehead atoms. The Kier molecular flexibility index (Phi) is 7.11. The van der Waals surface area contributed by atoms with E-state index in [0.717, 1.165) is 25.9 Å². The Labute approximate surface area is 200 Å². The molecule has 4 rings (SSSR count). The minimum absolute atomic E-state index is 0.0511. The number of hydrogen-bond donors (Lipinski definition) is 1. The highest BCUT2D eigenvalue weighted by molar-refractivity contribution is 9.10. The topological polar surface area (TPSA) is 66.5 Å². The second-order valence-corrected chi connectivity index (χ2v) is 9.50. The third kappa shape index (κ3) is 4.81. The van der Waals surface area contributed by atoms with Crippen molar-refractivity contribution in [2.75, 3.05) is 18.4 Å². The third-order valence-corrected chi connectivity index (χ3v) is 6.93. The predicted molar refractivity (Wildman–Crippen MR) is 129 cm³/mol. The van der Waals surface area contributed by atoms with Crippen LogP contribution in [0.2, 0.25) is 5.02 Å². The van der Waals surface area contributed by atoms with Crippen LogP contribution >= 0.6 is 27.5 Å². The average molecular weight is 516 g/mol. The van der Waals surface area contributed by atoms with Crippen LogP contribution < -0.4 is 5.32 Å². The van der Waals surface area contributed by atoms with Crippen molar-refractivity contribution < 1.29 is 14.4 Å². The number of ketones is 1. The normalized spacial score (nSPS) is 20.2. The average Bonchev–Trinajstić information content (AvgIpc) is 3.34. The first-order valence-corrected chi connectivity index (χ1v) is 12.0. The number of likely N-dealkylation sites (tertiary alicyclic amines) is 1. The van der Waals surface area contributed by atoms with Crippen LogP contribution in [0.3, 0.4) is 0 Å². The second kappa shape index (κ2) is 10.0. The zero-order valence-electron chi connectivity index (χ0n) is 17.5. The smallest absolute Gasteiger partial charge is 0.228 e. The molecule has 0 saturated carbocycles. The van der Waals surface area contributed by atoms with Crippen LogP contribution in [0.15, 0.2) is 59.1 Å². The predicted octanol–water partition coefficient (Wildman–Crippen LogP) is 5.48. The number of hydrogen-bond acceptors (Lipinski definition) is 3. The van der Waals surface area contributed by atoms with Crippen LogP contribution in [0.1, 0.15) is 41.6 Å². The van der Waals surface area contributed by atoms with E-state index in [9.17, 15) is 14.4 Å². The van der Waals surface area contributed by atoms with Crippen LogP contribution in [-0.2, 0) is 9.59 Å². The monoisotopic (exact) mass is 514 g/mol. The number of allylic oxidation sites excluding steroid dienone is 2. The number of nitrogens with zero attached hydrogens (tertiary/aromatic N) is 1. The number of carbonyl (C=O) groups excluding carboxylic acids is 3. The number of carbonyl (C=O) groups is 3. The van der Waals surface area contributed by atoms with Gasteiger partial charge >= 0.3 is 0 Å². The molecule has 7 heteroatoms. The van der Waals surface area contributed by atoms with E-state index < -0.39 is 5.92 Å². The maximum absolute atomic E-state index is 13.3. The lowest BCUT2D eigenvalue weighted by molar-refractivity contribution is -0.139. The van der Waals surface area contributed by atoms with E-state index in [0.29, 0.717) is 39.2 Å². The fraction of sp³-hybridized carbons (Fsp3) is 0.320. The van der Waals surface area contributed by atoms with E-state index in [-0.39, 0.29) is 23.5 Å². The molecular weight excluding hydrogens is 492 g/mol. The van der Waals surface area contributed by atoms with Crippen molar-refractivity contribution in [3.63, 3.8) is 0 Å². The standard InChI is InChI=1S/C25H24BrClN2O3/c26-16-11-12-22(20(15-16)23(30)19-9-3-4-10-21(19)27)28-24(31)17-7-1-2-8-18(17)25(32)29-13-5-6-14-29/h1-4,9-12,15,17-18H,5-8,13-14H2,(H,28,31). The van der Waals surface area contributed by atoms with Gasteiger partial charge in [0.25, 0.3) is 0 Å². The molecule has 5 nitrogen and oxygen atoms in total. The van der Waals surface area contributed by atoms with Gasteiger partial charge < -0.3 is 10.2 Å². The first kappa shape index (κ1) is 22.7. The highest BCUT2D eigenvalue weighted by Crippen LogP contribution is 2.32. The first-order valence-electron chi connectivity index (χ1n) is 10.8. The summed E-state index contributed by atoms with van der Waals surface area (Å²) in [6.45, 7) is 1.52. The molecule has 2 unspecified atom stereocenters. The van der Waals surface area contributed by atoms with E-state index >= 15 is 0 Å². The number of benzene rings is 2. The molecule has 1 aliphatic carbocycles. The van der Waals surface area contributed by atoms with Crippen molar-refractivity contribution in [1.82, 2.24) is 4.90 Å². The fourth-order valence-corrected chi connectivity index (χ4v) is 4.96. The summed E-state index contributed by atoms with van der Waals surface area (Å²) < 4.78 is 0.716. The number of amides is 2. The molecule has 32 heavy (non-hydrogen) atoms. The van der Waals surface area contributed by atoms with Crippen LogP contribution in [-0.4, -0.2) is 35.6 Å². The summed E-state index contributed by atoms with van der Waals surface area (Å²) in [5.41, 5.74) is 1.12. The van der Waals surface area contributed by atoms with Gasteiger partial charge in [0, 0.05) is 28.7 Å². The Bertz CT molecular complexity index is 1080. The minimum atomic E-state index is -0.472. The lowest BCUT2D eigenvalue weighted by Gasteiger charge is -2.30. The molecule has 1 aliphatic heterocycles. The summed E-state index contributed by atoms with van der Waals surface area (Å²) in [5, 5.41) is 3.28. The van der Waals surface area contributed by atoms with Gasteiger partial charge in [-0.25, -0.2) is 0 Å². The molecule has 2 amide bonds. The van der Waals surface area contributed by atoms with Gasteiger partial charge in [-0.2, -0.15) is 0 Å². The zero-order valence-corrected chi connectivity index (χ0v) is 19.9. The molecule has 2 aromatic rings. The molecule has 0 spiro atoms. The quantitative estimate of drug-likeness (QED) is 0.424. The van der Waals surface area contributed by atoms with E-state index in [1.807, 2.05) is 17.1 Å². The highest BCUT2D eigenvalue weighted by Gasteiger charge is 2.37. The summed E-state index contributed by atoms with van der Waals surface area (Å²) in [5.74, 6) is -1.32. The molecule has 166 valence electrons. The molecular formula is C25H24BrClN2O3. The maximum atomic E-state index is 13.3. The Morgan fingerprint density at radius 3 is 2.34 bits per heavy atom. The van der Waals surface area contributed by atoms with Crippen molar-refractivity contribution >= 4 is 50.8 Å². The number of rotatable bonds is 5. The molecule has 2 aliphatic rings. The molecule has 1 N–H and O–H groups in total. The fourth-order valence-electron chi connectivity index (χ4n) is 4.38. The van der Waals surface area contributed by atoms with Crippen molar-refractivity contribution in [2.45, 2.75) is 25.7 Å². The van der Waals surface area contributed by atoms with Gasteiger partial charge in [0.15, 0.2) is 5.78 Å². The molecule has 1 fully saturated rings. The van der Waals surface area contributed by atoms with Gasteiger partial charge in [-0.1, -0.05) is 51.8 Å². The maximum Gasteiger partial charge on any atom is 0.228 e. The molecule has 1 saturated heterocycles.